The molecule has 1 fully saturated rings. The van der Waals surface area contributed by atoms with Crippen molar-refractivity contribution in [1.29, 1.82) is 0 Å². The molecule has 13 heteroatoms. The van der Waals surface area contributed by atoms with Crippen molar-refractivity contribution in [2.24, 2.45) is 0 Å². The quantitative estimate of drug-likeness (QED) is 0.271. The van der Waals surface area contributed by atoms with Gasteiger partial charge in [0.1, 0.15) is 33.6 Å². The number of aromatic nitrogens is 4. The zero-order chi connectivity index (χ0) is 29.6. The summed E-state index contributed by atoms with van der Waals surface area (Å²) in [6.07, 6.45) is 7.94. The smallest absolute Gasteiger partial charge is 0.266 e. The van der Waals surface area contributed by atoms with Gasteiger partial charge in [-0.2, -0.15) is 0 Å². The molecule has 4 aromatic rings. The van der Waals surface area contributed by atoms with Crippen molar-refractivity contribution in [3.05, 3.63) is 72.0 Å². The van der Waals surface area contributed by atoms with Crippen LogP contribution in [0.15, 0.2) is 53.7 Å². The Kier molecular flexibility index (Phi) is 7.41. The number of halogens is 2. The van der Waals surface area contributed by atoms with Crippen molar-refractivity contribution in [3.8, 4) is 11.3 Å². The number of sulfonamides is 1. The van der Waals surface area contributed by atoms with Gasteiger partial charge >= 0.3 is 0 Å². The minimum atomic E-state index is -4.41. The summed E-state index contributed by atoms with van der Waals surface area (Å²) in [6, 6.07) is 6.75. The summed E-state index contributed by atoms with van der Waals surface area (Å²) in [5.74, 6) is -1.54. The first-order valence-electron chi connectivity index (χ1n) is 13.8. The van der Waals surface area contributed by atoms with Crippen LogP contribution in [-0.4, -0.2) is 53.1 Å². The van der Waals surface area contributed by atoms with Crippen LogP contribution < -0.4 is 15.8 Å². The number of benzene rings is 1. The molecule has 0 radical (unpaired) electrons. The molecule has 1 atom stereocenters. The van der Waals surface area contributed by atoms with Crippen LogP contribution >= 0.6 is 0 Å². The van der Waals surface area contributed by atoms with Crippen molar-refractivity contribution in [2.75, 3.05) is 23.7 Å². The third-order valence-electron chi connectivity index (χ3n) is 7.55. The maximum atomic E-state index is 15.3. The topological polar surface area (TPSA) is 137 Å². The summed E-state index contributed by atoms with van der Waals surface area (Å²) in [7, 11) is -4.41. The van der Waals surface area contributed by atoms with E-state index in [1.807, 2.05) is 23.0 Å². The second kappa shape index (κ2) is 11.0. The minimum Gasteiger partial charge on any atom is -0.382 e. The van der Waals surface area contributed by atoms with E-state index >= 15 is 4.39 Å². The van der Waals surface area contributed by atoms with Crippen LogP contribution in [0.4, 0.5) is 20.4 Å². The largest absolute Gasteiger partial charge is 0.382 e. The third-order valence-corrected chi connectivity index (χ3v) is 8.92. The van der Waals surface area contributed by atoms with Gasteiger partial charge in [-0.05, 0) is 43.0 Å². The Morgan fingerprint density at radius 3 is 2.52 bits per heavy atom. The molecule has 0 amide bonds. The zero-order valence-electron chi connectivity index (χ0n) is 23.1. The lowest BCUT2D eigenvalue weighted by molar-refractivity contribution is -0.0103. The van der Waals surface area contributed by atoms with Gasteiger partial charge in [-0.1, -0.05) is 32.1 Å². The predicted octanol–water partition coefficient (Wildman–Crippen LogP) is 4.50. The molecule has 1 aliphatic carbocycles. The molecule has 4 N–H and O–H groups in total. The number of nitrogens with one attached hydrogen (secondary N) is 2. The highest BCUT2D eigenvalue weighted by molar-refractivity contribution is 7.92. The number of hydrogen-bond donors (Lipinski definition) is 3. The van der Waals surface area contributed by atoms with Crippen molar-refractivity contribution in [2.45, 2.75) is 56.0 Å². The number of allylic oxidation sites excluding steroid dienone is 1. The molecule has 1 aliphatic heterocycles. The molecule has 0 saturated carbocycles. The molecule has 1 aromatic carbocycles. The first-order chi connectivity index (χ1) is 20.1. The standard InChI is InChI=1S/C29H31F2N7O3S/c1-16(2)29-36-25(18-11-22(31)28(34-12-18)37-42(39,40)24-6-4-3-5-21(24)30)26-27(32)33-13-23(38(26)29)17-7-9-19(10-8-17)35-20-14-41-15-20/h3-7,11-13,16,19-20,35H,8-10,14-15H2,1-2H3,(H2,32,33)(H,34,37)/t19-/m1/s1. The second-order valence-corrected chi connectivity index (χ2v) is 12.5. The number of imidazole rings is 1. The van der Waals surface area contributed by atoms with E-state index in [0.29, 0.717) is 28.9 Å². The van der Waals surface area contributed by atoms with Crippen molar-refractivity contribution in [1.82, 2.24) is 24.7 Å². The Morgan fingerprint density at radius 2 is 1.88 bits per heavy atom. The molecule has 42 heavy (non-hydrogen) atoms. The van der Waals surface area contributed by atoms with Crippen LogP contribution in [-0.2, 0) is 14.8 Å². The lowest BCUT2D eigenvalue weighted by Gasteiger charge is -2.33. The Labute approximate surface area is 242 Å². The monoisotopic (exact) mass is 595 g/mol. The number of nitrogen functional groups attached to an aromatic ring is 1. The number of ether oxygens (including phenoxy) is 1. The number of nitrogens with two attached hydrogens (primary N) is 1. The maximum Gasteiger partial charge on any atom is 0.266 e. The van der Waals surface area contributed by atoms with Crippen LogP contribution in [0, 0.1) is 11.6 Å². The molecule has 10 nitrogen and oxygen atoms in total. The molecule has 4 heterocycles. The Bertz CT molecular complexity index is 1800. The first-order valence-corrected chi connectivity index (χ1v) is 15.2. The summed E-state index contributed by atoms with van der Waals surface area (Å²) >= 11 is 0. The predicted molar refractivity (Wildman–Crippen MR) is 155 cm³/mol. The second-order valence-electron chi connectivity index (χ2n) is 10.9. The SMILES string of the molecule is CC(C)c1nc(-c2cnc(NS(=O)(=O)c3ccccc3F)c(F)c2)c2c(N)ncc(C3=CC[C@@H](NC4COC4)CC3)n12. The molecule has 0 bridgehead atoms. The van der Waals surface area contributed by atoms with Crippen LogP contribution in [0.5, 0.6) is 0 Å². The fraction of sp³-hybridized carbons (Fsp3) is 0.345. The van der Waals surface area contributed by atoms with Gasteiger partial charge in [0, 0.05) is 23.7 Å². The molecule has 3 aromatic heterocycles. The van der Waals surface area contributed by atoms with Crippen molar-refractivity contribution >= 4 is 32.7 Å². The number of rotatable bonds is 8. The van der Waals surface area contributed by atoms with Crippen LogP contribution in [0.25, 0.3) is 22.3 Å². The zero-order valence-corrected chi connectivity index (χ0v) is 24.0. The van der Waals surface area contributed by atoms with Gasteiger partial charge in [0.05, 0.1) is 31.1 Å². The van der Waals surface area contributed by atoms with E-state index in [9.17, 15) is 12.8 Å². The van der Waals surface area contributed by atoms with E-state index in [-0.39, 0.29) is 11.7 Å². The van der Waals surface area contributed by atoms with E-state index in [4.69, 9.17) is 15.5 Å². The van der Waals surface area contributed by atoms with E-state index in [1.54, 1.807) is 6.20 Å². The number of nitrogens with zero attached hydrogens (tertiary/aromatic N) is 4. The summed E-state index contributed by atoms with van der Waals surface area (Å²) < 4.78 is 64.1. The van der Waals surface area contributed by atoms with Gasteiger partial charge in [0.15, 0.2) is 11.6 Å². The van der Waals surface area contributed by atoms with Crippen LogP contribution in [0.3, 0.4) is 0 Å². The third kappa shape index (κ3) is 5.23. The molecule has 0 unspecified atom stereocenters. The fourth-order valence-electron chi connectivity index (χ4n) is 5.35. The molecule has 220 valence electrons. The highest BCUT2D eigenvalue weighted by atomic mass is 32.2. The highest BCUT2D eigenvalue weighted by Crippen LogP contribution is 2.36. The Morgan fingerprint density at radius 1 is 1.10 bits per heavy atom. The van der Waals surface area contributed by atoms with Gasteiger partial charge < -0.3 is 15.8 Å². The van der Waals surface area contributed by atoms with Gasteiger partial charge in [-0.3, -0.25) is 9.12 Å². The molecular weight excluding hydrogens is 564 g/mol. The van der Waals surface area contributed by atoms with Crippen LogP contribution in [0.1, 0.15) is 50.5 Å². The van der Waals surface area contributed by atoms with Crippen molar-refractivity contribution in [3.63, 3.8) is 0 Å². The number of fused-ring (bicyclic) bond motifs is 1. The van der Waals surface area contributed by atoms with Gasteiger partial charge in [-0.15, -0.1) is 0 Å². The average molecular weight is 596 g/mol. The highest BCUT2D eigenvalue weighted by Gasteiger charge is 2.27. The normalized spacial score (nSPS) is 17.8. The van der Waals surface area contributed by atoms with Gasteiger partial charge in [0.2, 0.25) is 0 Å². The summed E-state index contributed by atoms with van der Waals surface area (Å²) in [4.78, 5) is 12.7. The number of pyridine rings is 1. The van der Waals surface area contributed by atoms with E-state index in [0.717, 1.165) is 67.8 Å². The van der Waals surface area contributed by atoms with E-state index in [1.165, 1.54) is 18.3 Å². The lowest BCUT2D eigenvalue weighted by atomic mass is 9.92. The Hall–Kier alpha value is -3.94. The summed E-state index contributed by atoms with van der Waals surface area (Å²) in [5, 5.41) is 3.64. The number of anilines is 2. The molecule has 2 aliphatic rings. The van der Waals surface area contributed by atoms with Crippen molar-refractivity contribution < 1.29 is 21.9 Å². The Balaban J connectivity index is 1.36. The maximum absolute atomic E-state index is 15.3. The molecule has 6 rings (SSSR count). The summed E-state index contributed by atoms with van der Waals surface area (Å²) in [5.41, 5.74) is 9.57. The lowest BCUT2D eigenvalue weighted by Crippen LogP contribution is -2.50. The average Bonchev–Trinajstić information content (AvgIpc) is 3.35. The van der Waals surface area contributed by atoms with E-state index in [2.05, 4.69) is 21.4 Å². The molecule has 0 spiro atoms. The van der Waals surface area contributed by atoms with Crippen LogP contribution in [0.2, 0.25) is 0 Å². The fourth-order valence-corrected chi connectivity index (χ4v) is 6.45. The minimum absolute atomic E-state index is 0.00585. The first kappa shape index (κ1) is 28.2. The number of hydrogen-bond acceptors (Lipinski definition) is 8. The molecular formula is C29H31F2N7O3S. The van der Waals surface area contributed by atoms with Gasteiger partial charge in [0.25, 0.3) is 10.0 Å². The van der Waals surface area contributed by atoms with Gasteiger partial charge in [-0.25, -0.2) is 32.2 Å². The molecule has 1 saturated heterocycles. The van der Waals surface area contributed by atoms with E-state index < -0.39 is 32.4 Å². The summed E-state index contributed by atoms with van der Waals surface area (Å²) in [6.45, 7) is 5.51.